The second-order valence-electron chi connectivity index (χ2n) is 7.86. The van der Waals surface area contributed by atoms with Gasteiger partial charge in [0, 0.05) is 25.8 Å². The van der Waals surface area contributed by atoms with E-state index in [-0.39, 0.29) is 11.5 Å². The highest BCUT2D eigenvalue weighted by atomic mass is 35.5. The van der Waals surface area contributed by atoms with Gasteiger partial charge in [0.05, 0.1) is 37.0 Å². The Morgan fingerprint density at radius 1 is 1.14 bits per heavy atom. The van der Waals surface area contributed by atoms with Gasteiger partial charge in [-0.25, -0.2) is 4.98 Å². The molecular weight excluding hydrogens is 390 g/mol. The number of aryl methyl sites for hydroxylation is 1. The maximum atomic E-state index is 12.7. The summed E-state index contributed by atoms with van der Waals surface area (Å²) in [6.07, 6.45) is 3.63. The zero-order valence-corrected chi connectivity index (χ0v) is 17.0. The van der Waals surface area contributed by atoms with Crippen LogP contribution in [0.5, 0.6) is 0 Å². The Kier molecular flexibility index (Phi) is 4.94. The number of hydrogen-bond acceptors (Lipinski definition) is 5. The molecule has 3 aliphatic rings. The van der Waals surface area contributed by atoms with Gasteiger partial charge < -0.3 is 19.3 Å². The predicted octanol–water partition coefficient (Wildman–Crippen LogP) is 2.89. The largest absolute Gasteiger partial charge is 0.378 e. The average molecular weight is 414 g/mol. The average Bonchev–Trinajstić information content (AvgIpc) is 3.11. The van der Waals surface area contributed by atoms with Crippen molar-refractivity contribution in [2.45, 2.75) is 18.4 Å². The van der Waals surface area contributed by atoms with Crippen LogP contribution in [-0.2, 0) is 21.5 Å². The Balaban J connectivity index is 1.38. The van der Waals surface area contributed by atoms with Crippen LogP contribution in [0, 0.1) is 0 Å². The molecule has 0 N–H and O–H groups in total. The van der Waals surface area contributed by atoms with Crippen LogP contribution in [0.3, 0.4) is 0 Å². The molecule has 1 aliphatic carbocycles. The standard InChI is InChI=1S/C22H24ClN3O3/c23-19-13-17(21(27)25-7-10-28-11-8-25)14-24-20(19)26-9-12-29-22(15-26)6-5-16-3-1-2-4-18(16)22/h1-4,13-14H,5-12,15H2. The highest BCUT2D eigenvalue weighted by Crippen LogP contribution is 2.43. The molecular formula is C22H24ClN3O3. The summed E-state index contributed by atoms with van der Waals surface area (Å²) in [5.74, 6) is 0.676. The van der Waals surface area contributed by atoms with Crippen LogP contribution >= 0.6 is 11.6 Å². The molecule has 1 aromatic carbocycles. The van der Waals surface area contributed by atoms with Gasteiger partial charge >= 0.3 is 0 Å². The summed E-state index contributed by atoms with van der Waals surface area (Å²) in [4.78, 5) is 21.3. The van der Waals surface area contributed by atoms with E-state index in [4.69, 9.17) is 21.1 Å². The van der Waals surface area contributed by atoms with Crippen LogP contribution in [0.2, 0.25) is 5.02 Å². The second-order valence-corrected chi connectivity index (χ2v) is 8.26. The highest BCUT2D eigenvalue weighted by molar-refractivity contribution is 6.33. The summed E-state index contributed by atoms with van der Waals surface area (Å²) < 4.78 is 11.6. The Bertz CT molecular complexity index is 927. The molecule has 1 amide bonds. The third kappa shape index (κ3) is 3.39. The number of nitrogens with zero attached hydrogens (tertiary/aromatic N) is 3. The minimum atomic E-state index is -0.303. The summed E-state index contributed by atoms with van der Waals surface area (Å²) in [7, 11) is 0. The molecule has 152 valence electrons. The van der Waals surface area contributed by atoms with Crippen molar-refractivity contribution < 1.29 is 14.3 Å². The number of amides is 1. The molecule has 0 bridgehead atoms. The normalized spacial score (nSPS) is 24.0. The first-order valence-electron chi connectivity index (χ1n) is 10.2. The van der Waals surface area contributed by atoms with Gasteiger partial charge in [-0.1, -0.05) is 35.9 Å². The first-order chi connectivity index (χ1) is 14.2. The Morgan fingerprint density at radius 3 is 2.79 bits per heavy atom. The Hall–Kier alpha value is -2.15. The van der Waals surface area contributed by atoms with Gasteiger partial charge in [0.15, 0.2) is 0 Å². The fourth-order valence-corrected chi connectivity index (χ4v) is 4.95. The molecule has 2 aliphatic heterocycles. The first-order valence-corrected chi connectivity index (χ1v) is 10.5. The van der Waals surface area contributed by atoms with Crippen LogP contribution in [0.15, 0.2) is 36.5 Å². The molecule has 0 radical (unpaired) electrons. The molecule has 1 unspecified atom stereocenters. The smallest absolute Gasteiger partial charge is 0.255 e. The zero-order valence-electron chi connectivity index (χ0n) is 16.3. The van der Waals surface area contributed by atoms with E-state index in [1.165, 1.54) is 11.1 Å². The van der Waals surface area contributed by atoms with Crippen LogP contribution in [0.25, 0.3) is 0 Å². The monoisotopic (exact) mass is 413 g/mol. The van der Waals surface area contributed by atoms with Crippen molar-refractivity contribution in [1.29, 1.82) is 0 Å². The van der Waals surface area contributed by atoms with Crippen molar-refractivity contribution in [3.8, 4) is 0 Å². The van der Waals surface area contributed by atoms with Gasteiger partial charge in [0.2, 0.25) is 0 Å². The van der Waals surface area contributed by atoms with E-state index in [1.807, 2.05) is 0 Å². The number of carbonyl (C=O) groups is 1. The number of anilines is 1. The quantitative estimate of drug-likeness (QED) is 0.757. The van der Waals surface area contributed by atoms with E-state index in [0.29, 0.717) is 50.0 Å². The SMILES string of the molecule is O=C(c1cnc(N2CCOC3(CCc4ccccc43)C2)c(Cl)c1)N1CCOCC1. The number of fused-ring (bicyclic) bond motifs is 2. The number of morpholine rings is 2. The first kappa shape index (κ1) is 18.9. The van der Waals surface area contributed by atoms with Crippen LogP contribution < -0.4 is 4.90 Å². The molecule has 7 heteroatoms. The van der Waals surface area contributed by atoms with Gasteiger partial charge in [-0.3, -0.25) is 4.79 Å². The van der Waals surface area contributed by atoms with Crippen LogP contribution in [0.4, 0.5) is 5.82 Å². The number of carbonyl (C=O) groups excluding carboxylic acids is 1. The van der Waals surface area contributed by atoms with Crippen molar-refractivity contribution >= 4 is 23.3 Å². The second kappa shape index (κ2) is 7.59. The number of aromatic nitrogens is 1. The number of rotatable bonds is 2. The Labute approximate surface area is 175 Å². The van der Waals surface area contributed by atoms with Gasteiger partial charge in [0.25, 0.3) is 5.91 Å². The lowest BCUT2D eigenvalue weighted by molar-refractivity contribution is -0.0594. The molecule has 2 saturated heterocycles. The molecule has 0 saturated carbocycles. The summed E-state index contributed by atoms with van der Waals surface area (Å²) in [6.45, 7) is 4.42. The molecule has 1 aromatic heterocycles. The van der Waals surface area contributed by atoms with Crippen LogP contribution in [0.1, 0.15) is 27.9 Å². The summed E-state index contributed by atoms with van der Waals surface area (Å²) in [5.41, 5.74) is 2.86. The fourth-order valence-electron chi connectivity index (χ4n) is 4.66. The molecule has 6 nitrogen and oxygen atoms in total. The maximum absolute atomic E-state index is 12.7. The number of benzene rings is 1. The minimum Gasteiger partial charge on any atom is -0.378 e. The van der Waals surface area contributed by atoms with Crippen molar-refractivity contribution in [1.82, 2.24) is 9.88 Å². The lowest BCUT2D eigenvalue weighted by Gasteiger charge is -2.42. The topological polar surface area (TPSA) is 54.9 Å². The highest BCUT2D eigenvalue weighted by Gasteiger charge is 2.43. The van der Waals surface area contributed by atoms with Crippen LogP contribution in [-0.4, -0.2) is 61.8 Å². The fraction of sp³-hybridized carbons (Fsp3) is 0.455. The number of ether oxygens (including phenoxy) is 2. The van der Waals surface area contributed by atoms with Gasteiger partial charge in [-0.15, -0.1) is 0 Å². The number of pyridine rings is 1. The maximum Gasteiger partial charge on any atom is 0.255 e. The lowest BCUT2D eigenvalue weighted by atomic mass is 9.93. The molecule has 2 fully saturated rings. The van der Waals surface area contributed by atoms with E-state index in [9.17, 15) is 4.79 Å². The zero-order chi connectivity index (χ0) is 19.8. The molecule has 1 spiro atoms. The lowest BCUT2D eigenvalue weighted by Crippen LogP contribution is -2.49. The van der Waals surface area contributed by atoms with E-state index in [1.54, 1.807) is 17.2 Å². The molecule has 29 heavy (non-hydrogen) atoms. The minimum absolute atomic E-state index is 0.0441. The van der Waals surface area contributed by atoms with E-state index in [0.717, 1.165) is 25.2 Å². The van der Waals surface area contributed by atoms with Crippen molar-refractivity contribution in [3.05, 3.63) is 58.2 Å². The van der Waals surface area contributed by atoms with E-state index < -0.39 is 0 Å². The van der Waals surface area contributed by atoms with Crippen molar-refractivity contribution in [2.24, 2.45) is 0 Å². The van der Waals surface area contributed by atoms with E-state index >= 15 is 0 Å². The van der Waals surface area contributed by atoms with Gasteiger partial charge in [0.1, 0.15) is 11.4 Å². The number of hydrogen-bond donors (Lipinski definition) is 0. The molecule has 2 aromatic rings. The third-order valence-electron chi connectivity index (χ3n) is 6.16. The predicted molar refractivity (Wildman–Crippen MR) is 111 cm³/mol. The summed E-state index contributed by atoms with van der Waals surface area (Å²) in [6, 6.07) is 10.3. The van der Waals surface area contributed by atoms with E-state index in [2.05, 4.69) is 34.1 Å². The van der Waals surface area contributed by atoms with Crippen molar-refractivity contribution in [3.63, 3.8) is 0 Å². The number of halogens is 1. The van der Waals surface area contributed by atoms with Crippen molar-refractivity contribution in [2.75, 3.05) is 50.9 Å². The molecule has 5 rings (SSSR count). The molecule has 1 atom stereocenters. The van der Waals surface area contributed by atoms with Gasteiger partial charge in [-0.2, -0.15) is 0 Å². The summed E-state index contributed by atoms with van der Waals surface area (Å²) >= 11 is 6.60. The summed E-state index contributed by atoms with van der Waals surface area (Å²) in [5, 5.41) is 0.507. The van der Waals surface area contributed by atoms with Gasteiger partial charge in [-0.05, 0) is 30.0 Å². The third-order valence-corrected chi connectivity index (χ3v) is 6.44. The molecule has 3 heterocycles. The Morgan fingerprint density at radius 2 is 1.97 bits per heavy atom.